The third-order valence-electron chi connectivity index (χ3n) is 3.68. The van der Waals surface area contributed by atoms with Gasteiger partial charge in [-0.25, -0.2) is 0 Å². The Hall–Kier alpha value is -1.39. The molecule has 124 valence electrons. The van der Waals surface area contributed by atoms with Crippen molar-refractivity contribution in [3.05, 3.63) is 29.8 Å². The predicted molar refractivity (Wildman–Crippen MR) is 92.0 cm³/mol. The fourth-order valence-corrected chi connectivity index (χ4v) is 2.43. The van der Waals surface area contributed by atoms with Crippen molar-refractivity contribution < 1.29 is 9.90 Å². The van der Waals surface area contributed by atoms with Crippen LogP contribution in [0.15, 0.2) is 24.3 Å². The SMILES string of the molecule is CCCCN(CCCC)CC(O)c1cccc(NC(C)=O)c1. The van der Waals surface area contributed by atoms with E-state index in [1.165, 1.54) is 6.92 Å². The Balaban J connectivity index is 2.67. The van der Waals surface area contributed by atoms with Gasteiger partial charge >= 0.3 is 0 Å². The van der Waals surface area contributed by atoms with Crippen LogP contribution >= 0.6 is 0 Å². The Bertz CT molecular complexity index is 440. The molecular weight excluding hydrogens is 276 g/mol. The monoisotopic (exact) mass is 306 g/mol. The minimum Gasteiger partial charge on any atom is -0.387 e. The summed E-state index contributed by atoms with van der Waals surface area (Å²) in [7, 11) is 0. The first-order chi connectivity index (χ1) is 10.6. The van der Waals surface area contributed by atoms with Crippen LogP contribution in [0, 0.1) is 0 Å². The van der Waals surface area contributed by atoms with Crippen molar-refractivity contribution in [1.29, 1.82) is 0 Å². The number of hydrogen-bond donors (Lipinski definition) is 2. The van der Waals surface area contributed by atoms with E-state index in [0.29, 0.717) is 6.54 Å². The maximum Gasteiger partial charge on any atom is 0.221 e. The van der Waals surface area contributed by atoms with Crippen molar-refractivity contribution in [3.8, 4) is 0 Å². The van der Waals surface area contributed by atoms with Crippen LogP contribution in [-0.2, 0) is 4.79 Å². The van der Waals surface area contributed by atoms with Gasteiger partial charge in [0.25, 0.3) is 0 Å². The molecule has 4 heteroatoms. The van der Waals surface area contributed by atoms with Gasteiger partial charge in [-0.05, 0) is 43.6 Å². The normalized spacial score (nSPS) is 12.4. The highest BCUT2D eigenvalue weighted by atomic mass is 16.3. The molecular formula is C18H30N2O2. The summed E-state index contributed by atoms with van der Waals surface area (Å²) in [6, 6.07) is 7.47. The van der Waals surface area contributed by atoms with E-state index in [1.54, 1.807) is 0 Å². The number of carbonyl (C=O) groups is 1. The van der Waals surface area contributed by atoms with Gasteiger partial charge in [0.1, 0.15) is 0 Å². The lowest BCUT2D eigenvalue weighted by atomic mass is 10.1. The number of aliphatic hydroxyl groups excluding tert-OH is 1. The van der Waals surface area contributed by atoms with Crippen LogP contribution < -0.4 is 5.32 Å². The Morgan fingerprint density at radius 1 is 1.23 bits per heavy atom. The largest absolute Gasteiger partial charge is 0.387 e. The van der Waals surface area contributed by atoms with Gasteiger partial charge in [0.2, 0.25) is 5.91 Å². The first-order valence-electron chi connectivity index (χ1n) is 8.34. The fraction of sp³-hybridized carbons (Fsp3) is 0.611. The van der Waals surface area contributed by atoms with E-state index in [9.17, 15) is 9.90 Å². The second-order valence-electron chi connectivity index (χ2n) is 5.83. The molecule has 0 spiro atoms. The van der Waals surface area contributed by atoms with E-state index >= 15 is 0 Å². The van der Waals surface area contributed by atoms with Crippen molar-refractivity contribution in [2.45, 2.75) is 52.6 Å². The molecule has 1 aromatic carbocycles. The van der Waals surface area contributed by atoms with E-state index < -0.39 is 6.10 Å². The summed E-state index contributed by atoms with van der Waals surface area (Å²) in [5.41, 5.74) is 1.59. The zero-order chi connectivity index (χ0) is 16.4. The molecule has 2 N–H and O–H groups in total. The quantitative estimate of drug-likeness (QED) is 0.694. The third kappa shape index (κ3) is 7.05. The Morgan fingerprint density at radius 3 is 2.41 bits per heavy atom. The van der Waals surface area contributed by atoms with Crippen LogP contribution in [-0.4, -0.2) is 35.5 Å². The van der Waals surface area contributed by atoms with E-state index in [-0.39, 0.29) is 5.91 Å². The molecule has 1 unspecified atom stereocenters. The van der Waals surface area contributed by atoms with E-state index in [1.807, 2.05) is 24.3 Å². The highest BCUT2D eigenvalue weighted by Crippen LogP contribution is 2.19. The lowest BCUT2D eigenvalue weighted by Crippen LogP contribution is -2.30. The van der Waals surface area contributed by atoms with Crippen molar-refractivity contribution in [2.75, 3.05) is 25.0 Å². The molecule has 0 aliphatic heterocycles. The topological polar surface area (TPSA) is 52.6 Å². The zero-order valence-corrected chi connectivity index (χ0v) is 14.1. The number of carbonyl (C=O) groups excluding carboxylic acids is 1. The molecule has 0 fully saturated rings. The van der Waals surface area contributed by atoms with Crippen LogP contribution in [0.4, 0.5) is 5.69 Å². The summed E-state index contributed by atoms with van der Waals surface area (Å²) < 4.78 is 0. The number of unbranched alkanes of at least 4 members (excludes halogenated alkanes) is 2. The molecule has 0 aliphatic carbocycles. The number of nitrogens with one attached hydrogen (secondary N) is 1. The second kappa shape index (κ2) is 10.4. The van der Waals surface area contributed by atoms with Gasteiger partial charge in [-0.1, -0.05) is 38.8 Å². The molecule has 0 aromatic heterocycles. The molecule has 0 aliphatic rings. The summed E-state index contributed by atoms with van der Waals surface area (Å²) in [5, 5.41) is 13.3. The van der Waals surface area contributed by atoms with E-state index in [0.717, 1.165) is 50.0 Å². The number of benzene rings is 1. The van der Waals surface area contributed by atoms with E-state index in [4.69, 9.17) is 0 Å². The first kappa shape index (κ1) is 18.7. The van der Waals surface area contributed by atoms with Crippen LogP contribution in [0.3, 0.4) is 0 Å². The smallest absolute Gasteiger partial charge is 0.221 e. The Kier molecular flexibility index (Phi) is 8.78. The summed E-state index contributed by atoms with van der Waals surface area (Å²) in [4.78, 5) is 13.5. The second-order valence-corrected chi connectivity index (χ2v) is 5.83. The lowest BCUT2D eigenvalue weighted by molar-refractivity contribution is -0.114. The van der Waals surface area contributed by atoms with Gasteiger partial charge in [-0.3, -0.25) is 4.79 Å². The highest BCUT2D eigenvalue weighted by molar-refractivity contribution is 5.88. The molecule has 1 aromatic rings. The van der Waals surface area contributed by atoms with Gasteiger partial charge in [-0.2, -0.15) is 0 Å². The molecule has 1 atom stereocenters. The van der Waals surface area contributed by atoms with Crippen molar-refractivity contribution in [1.82, 2.24) is 4.90 Å². The van der Waals surface area contributed by atoms with Gasteiger partial charge in [0.05, 0.1) is 6.10 Å². The Labute approximate surface area is 134 Å². The molecule has 4 nitrogen and oxygen atoms in total. The van der Waals surface area contributed by atoms with Crippen molar-refractivity contribution in [2.24, 2.45) is 0 Å². The summed E-state index contributed by atoms with van der Waals surface area (Å²) in [5.74, 6) is -0.0980. The van der Waals surface area contributed by atoms with Crippen LogP contribution in [0.5, 0.6) is 0 Å². The average molecular weight is 306 g/mol. The van der Waals surface area contributed by atoms with Gasteiger partial charge in [0, 0.05) is 19.2 Å². The fourth-order valence-electron chi connectivity index (χ4n) is 2.43. The number of nitrogens with zero attached hydrogens (tertiary/aromatic N) is 1. The molecule has 0 radical (unpaired) electrons. The summed E-state index contributed by atoms with van der Waals surface area (Å²) in [6.45, 7) is 8.55. The first-order valence-corrected chi connectivity index (χ1v) is 8.34. The molecule has 1 amide bonds. The Morgan fingerprint density at radius 2 is 1.86 bits per heavy atom. The van der Waals surface area contributed by atoms with Crippen LogP contribution in [0.2, 0.25) is 0 Å². The average Bonchev–Trinajstić information content (AvgIpc) is 2.49. The molecule has 0 saturated carbocycles. The van der Waals surface area contributed by atoms with Gasteiger partial charge in [-0.15, -0.1) is 0 Å². The number of hydrogen-bond acceptors (Lipinski definition) is 3. The summed E-state index contributed by atoms with van der Waals surface area (Å²) >= 11 is 0. The molecule has 0 bridgehead atoms. The van der Waals surface area contributed by atoms with Gasteiger partial charge in [0.15, 0.2) is 0 Å². The van der Waals surface area contributed by atoms with Crippen LogP contribution in [0.25, 0.3) is 0 Å². The number of aliphatic hydroxyl groups is 1. The van der Waals surface area contributed by atoms with E-state index in [2.05, 4.69) is 24.1 Å². The third-order valence-corrected chi connectivity index (χ3v) is 3.68. The maximum atomic E-state index is 11.1. The summed E-state index contributed by atoms with van der Waals surface area (Å²) in [6.07, 6.45) is 4.11. The lowest BCUT2D eigenvalue weighted by Gasteiger charge is -2.25. The van der Waals surface area contributed by atoms with Crippen LogP contribution in [0.1, 0.15) is 58.1 Å². The number of rotatable bonds is 10. The van der Waals surface area contributed by atoms with Crippen molar-refractivity contribution in [3.63, 3.8) is 0 Å². The molecule has 22 heavy (non-hydrogen) atoms. The molecule has 1 rings (SSSR count). The molecule has 0 heterocycles. The predicted octanol–water partition coefficient (Wildman–Crippen LogP) is 3.58. The number of anilines is 1. The van der Waals surface area contributed by atoms with Gasteiger partial charge < -0.3 is 15.3 Å². The molecule has 0 saturated heterocycles. The minimum absolute atomic E-state index is 0.0980. The minimum atomic E-state index is -0.526. The number of amides is 1. The zero-order valence-electron chi connectivity index (χ0n) is 14.1. The van der Waals surface area contributed by atoms with Crippen molar-refractivity contribution >= 4 is 11.6 Å². The highest BCUT2D eigenvalue weighted by Gasteiger charge is 2.13. The maximum absolute atomic E-state index is 11.1. The standard InChI is InChI=1S/C18H30N2O2/c1-4-6-11-20(12-7-5-2)14-18(22)16-9-8-10-17(13-16)19-15(3)21/h8-10,13,18,22H,4-7,11-12,14H2,1-3H3,(H,19,21).